The van der Waals surface area contributed by atoms with Crippen LogP contribution in [0, 0.1) is 10.1 Å². The molecule has 0 aliphatic carbocycles. The van der Waals surface area contributed by atoms with E-state index in [0.717, 1.165) is 19.6 Å². The first-order chi connectivity index (χ1) is 13.0. The van der Waals surface area contributed by atoms with Gasteiger partial charge >= 0.3 is 0 Å². The molecule has 1 aliphatic rings. The Morgan fingerprint density at radius 2 is 1.74 bits per heavy atom. The Morgan fingerprint density at radius 1 is 1.07 bits per heavy atom. The van der Waals surface area contributed by atoms with E-state index in [0.29, 0.717) is 24.3 Å². The van der Waals surface area contributed by atoms with E-state index in [4.69, 9.17) is 0 Å². The number of nitrogens with zero attached hydrogens (tertiary/aromatic N) is 4. The van der Waals surface area contributed by atoms with Gasteiger partial charge in [-0.2, -0.15) is 0 Å². The molecule has 0 aromatic heterocycles. The minimum atomic E-state index is -0.464. The summed E-state index contributed by atoms with van der Waals surface area (Å²) in [6.45, 7) is 3.66. The molecule has 1 heterocycles. The van der Waals surface area contributed by atoms with Gasteiger partial charge in [0.15, 0.2) is 0 Å². The lowest BCUT2D eigenvalue weighted by Crippen LogP contribution is -2.48. The van der Waals surface area contributed by atoms with Crippen molar-refractivity contribution >= 4 is 17.3 Å². The number of amides is 1. The van der Waals surface area contributed by atoms with Crippen LogP contribution in [0.25, 0.3) is 0 Å². The lowest BCUT2D eigenvalue weighted by atomic mass is 10.1. The topological polar surface area (TPSA) is 69.9 Å². The van der Waals surface area contributed by atoms with E-state index in [2.05, 4.69) is 17.0 Å². The highest BCUT2D eigenvalue weighted by atomic mass is 16.6. The number of carbonyl (C=O) groups excluding carboxylic acids is 1. The van der Waals surface area contributed by atoms with E-state index in [1.54, 1.807) is 11.0 Å². The van der Waals surface area contributed by atoms with Crippen LogP contribution in [0.15, 0.2) is 48.5 Å². The second-order valence-corrected chi connectivity index (χ2v) is 6.91. The number of piperazine rings is 1. The maximum absolute atomic E-state index is 13.0. The summed E-state index contributed by atoms with van der Waals surface area (Å²) in [6.07, 6.45) is 0. The van der Waals surface area contributed by atoms with Gasteiger partial charge in [0.25, 0.3) is 11.6 Å². The van der Waals surface area contributed by atoms with E-state index in [1.165, 1.54) is 17.7 Å². The van der Waals surface area contributed by atoms with Crippen LogP contribution in [0.2, 0.25) is 0 Å². The lowest BCUT2D eigenvalue weighted by Gasteiger charge is -2.35. The van der Waals surface area contributed by atoms with E-state index in [9.17, 15) is 14.9 Å². The molecule has 0 bridgehead atoms. The Balaban J connectivity index is 1.70. The van der Waals surface area contributed by atoms with Gasteiger partial charge < -0.3 is 9.80 Å². The van der Waals surface area contributed by atoms with Gasteiger partial charge in [0.2, 0.25) is 0 Å². The molecule has 0 spiro atoms. The van der Waals surface area contributed by atoms with Crippen molar-refractivity contribution < 1.29 is 9.72 Å². The number of benzene rings is 2. The number of carbonyl (C=O) groups is 1. The quantitative estimate of drug-likeness (QED) is 0.599. The number of nitro groups is 1. The van der Waals surface area contributed by atoms with Crippen molar-refractivity contribution in [3.63, 3.8) is 0 Å². The number of hydrogen-bond donors (Lipinski definition) is 0. The van der Waals surface area contributed by atoms with Gasteiger partial charge in [0, 0.05) is 64.6 Å². The van der Waals surface area contributed by atoms with Gasteiger partial charge in [0.1, 0.15) is 0 Å². The second kappa shape index (κ2) is 8.18. The van der Waals surface area contributed by atoms with Crippen LogP contribution in [-0.4, -0.2) is 60.9 Å². The third-order valence-corrected chi connectivity index (χ3v) is 4.81. The Kier molecular flexibility index (Phi) is 5.71. The summed E-state index contributed by atoms with van der Waals surface area (Å²) in [5, 5.41) is 11.1. The smallest absolute Gasteiger partial charge is 0.270 e. The first kappa shape index (κ1) is 18.8. The molecule has 7 nitrogen and oxygen atoms in total. The minimum absolute atomic E-state index is 0.0633. The van der Waals surface area contributed by atoms with Crippen LogP contribution in [0.1, 0.15) is 15.9 Å². The third kappa shape index (κ3) is 4.43. The normalized spacial score (nSPS) is 14.8. The van der Waals surface area contributed by atoms with Crippen molar-refractivity contribution in [2.75, 3.05) is 45.2 Å². The van der Waals surface area contributed by atoms with Gasteiger partial charge in [-0.15, -0.1) is 0 Å². The molecule has 2 aromatic rings. The molecule has 27 heavy (non-hydrogen) atoms. The average Bonchev–Trinajstić information content (AvgIpc) is 2.68. The molecule has 1 amide bonds. The molecular formula is C20H24N4O3. The standard InChI is InChI=1S/C20H24N4O3/c1-21(2)19-9-8-17(24(26)27)14-18(19)20(25)23-12-10-22(11-13-23)15-16-6-4-3-5-7-16/h3-9,14H,10-13,15H2,1-2H3. The van der Waals surface area contributed by atoms with Crippen molar-refractivity contribution in [2.45, 2.75) is 6.54 Å². The van der Waals surface area contributed by atoms with Crippen molar-refractivity contribution in [3.05, 3.63) is 69.8 Å². The van der Waals surface area contributed by atoms with Gasteiger partial charge in [0.05, 0.1) is 10.5 Å². The molecule has 2 aromatic carbocycles. The highest BCUT2D eigenvalue weighted by Crippen LogP contribution is 2.26. The summed E-state index contributed by atoms with van der Waals surface area (Å²) in [4.78, 5) is 29.6. The number of nitro benzene ring substituents is 1. The SMILES string of the molecule is CN(C)c1ccc([N+](=O)[O-])cc1C(=O)N1CCN(Cc2ccccc2)CC1. The second-order valence-electron chi connectivity index (χ2n) is 6.91. The lowest BCUT2D eigenvalue weighted by molar-refractivity contribution is -0.384. The first-order valence-electron chi connectivity index (χ1n) is 8.97. The zero-order valence-electron chi connectivity index (χ0n) is 15.7. The summed E-state index contributed by atoms with van der Waals surface area (Å²) in [6, 6.07) is 14.7. The molecule has 1 aliphatic heterocycles. The van der Waals surface area contributed by atoms with Crippen LogP contribution < -0.4 is 4.90 Å². The fourth-order valence-corrected chi connectivity index (χ4v) is 3.32. The molecule has 0 radical (unpaired) electrons. The van der Waals surface area contributed by atoms with Gasteiger partial charge in [-0.3, -0.25) is 19.8 Å². The van der Waals surface area contributed by atoms with Crippen LogP contribution in [0.3, 0.4) is 0 Å². The summed E-state index contributed by atoms with van der Waals surface area (Å²) in [5.41, 5.74) is 2.26. The van der Waals surface area contributed by atoms with Gasteiger partial charge in [-0.25, -0.2) is 0 Å². The Labute approximate surface area is 158 Å². The third-order valence-electron chi connectivity index (χ3n) is 4.81. The summed E-state index contributed by atoms with van der Waals surface area (Å²) in [5.74, 6) is -0.151. The highest BCUT2D eigenvalue weighted by molar-refractivity contribution is 6.00. The fraction of sp³-hybridized carbons (Fsp3) is 0.350. The molecule has 0 N–H and O–H groups in total. The van der Waals surface area contributed by atoms with Crippen LogP contribution in [0.5, 0.6) is 0 Å². The van der Waals surface area contributed by atoms with Crippen molar-refractivity contribution in [3.8, 4) is 0 Å². The van der Waals surface area contributed by atoms with E-state index in [-0.39, 0.29) is 11.6 Å². The predicted molar refractivity (Wildman–Crippen MR) is 105 cm³/mol. The molecule has 7 heteroatoms. The number of rotatable bonds is 5. The van der Waals surface area contributed by atoms with E-state index >= 15 is 0 Å². The molecule has 1 fully saturated rings. The maximum Gasteiger partial charge on any atom is 0.270 e. The zero-order valence-corrected chi connectivity index (χ0v) is 15.7. The average molecular weight is 368 g/mol. The largest absolute Gasteiger partial charge is 0.377 e. The molecule has 0 unspecified atom stereocenters. The molecular weight excluding hydrogens is 344 g/mol. The Hall–Kier alpha value is -2.93. The van der Waals surface area contributed by atoms with E-state index in [1.807, 2.05) is 37.2 Å². The predicted octanol–water partition coefficient (Wildman–Crippen LogP) is 2.62. The number of hydrogen-bond acceptors (Lipinski definition) is 5. The van der Waals surface area contributed by atoms with Crippen molar-refractivity contribution in [2.24, 2.45) is 0 Å². The van der Waals surface area contributed by atoms with Gasteiger partial charge in [-0.1, -0.05) is 30.3 Å². The molecule has 0 saturated carbocycles. The van der Waals surface area contributed by atoms with Gasteiger partial charge in [-0.05, 0) is 11.6 Å². The van der Waals surface area contributed by atoms with Crippen LogP contribution >= 0.6 is 0 Å². The van der Waals surface area contributed by atoms with Crippen molar-refractivity contribution in [1.29, 1.82) is 0 Å². The van der Waals surface area contributed by atoms with Crippen LogP contribution in [-0.2, 0) is 6.54 Å². The summed E-state index contributed by atoms with van der Waals surface area (Å²) >= 11 is 0. The molecule has 1 saturated heterocycles. The zero-order chi connectivity index (χ0) is 19.4. The molecule has 3 rings (SSSR count). The maximum atomic E-state index is 13.0. The minimum Gasteiger partial charge on any atom is -0.377 e. The Morgan fingerprint density at radius 3 is 2.33 bits per heavy atom. The van der Waals surface area contributed by atoms with Crippen molar-refractivity contribution in [1.82, 2.24) is 9.80 Å². The number of anilines is 1. The highest BCUT2D eigenvalue weighted by Gasteiger charge is 2.26. The fourth-order valence-electron chi connectivity index (χ4n) is 3.32. The first-order valence-corrected chi connectivity index (χ1v) is 8.97. The monoisotopic (exact) mass is 368 g/mol. The van der Waals surface area contributed by atoms with Crippen LogP contribution in [0.4, 0.5) is 11.4 Å². The number of non-ortho nitro benzene ring substituents is 1. The molecule has 0 atom stereocenters. The molecule has 142 valence electrons. The summed E-state index contributed by atoms with van der Waals surface area (Å²) < 4.78 is 0. The summed E-state index contributed by atoms with van der Waals surface area (Å²) in [7, 11) is 3.66. The van der Waals surface area contributed by atoms with E-state index < -0.39 is 4.92 Å². The Bertz CT molecular complexity index is 815.